The van der Waals surface area contributed by atoms with Crippen molar-refractivity contribution in [3.05, 3.63) is 0 Å². The van der Waals surface area contributed by atoms with Crippen LogP contribution in [0, 0.1) is 0 Å². The predicted octanol–water partition coefficient (Wildman–Crippen LogP) is 4.48. The zero-order chi connectivity index (χ0) is 19.6. The van der Waals surface area contributed by atoms with E-state index in [2.05, 4.69) is 55.2 Å². The Hall–Kier alpha value is 0.942. The van der Waals surface area contributed by atoms with Crippen LogP contribution in [0.25, 0.3) is 0 Å². The van der Waals surface area contributed by atoms with Gasteiger partial charge in [-0.15, -0.1) is 0 Å². The van der Waals surface area contributed by atoms with Crippen molar-refractivity contribution >= 4 is 56.9 Å². The second kappa shape index (κ2) is 12.4. The first-order chi connectivity index (χ1) is 11.8. The average molecular weight is 410 g/mol. The topological polar surface area (TPSA) is 27.7 Å². The maximum Gasteiger partial charge on any atom is 0.543 e. The molecular weight excluding hydrogens is 373 g/mol. The molecule has 0 aromatic carbocycles. The molecular formula is C15H37B3O3Si4. The van der Waals surface area contributed by atoms with Gasteiger partial charge in [-0.2, -0.15) is 0 Å². The Kier molecular flexibility index (Phi) is 12.9. The number of hydrogen-bond acceptors (Lipinski definition) is 3. The Balaban J connectivity index is 5.64. The SMILES string of the molecule is [B]C[Si](CC)(CC)O[Si](O[Si]([B]C)(CC)CC)O[Si](C[B])(CC)CC. The molecule has 0 fully saturated rings. The minimum atomic E-state index is -1.99. The lowest BCUT2D eigenvalue weighted by atomic mass is 10.2. The molecule has 0 rings (SSSR count). The average Bonchev–Trinajstić information content (AvgIpc) is 2.68. The summed E-state index contributed by atoms with van der Waals surface area (Å²) >= 11 is 0. The van der Waals surface area contributed by atoms with E-state index in [0.717, 1.165) is 36.3 Å². The van der Waals surface area contributed by atoms with Gasteiger partial charge in [0, 0.05) is 0 Å². The van der Waals surface area contributed by atoms with Gasteiger partial charge in [-0.1, -0.05) is 60.3 Å². The zero-order valence-electron chi connectivity index (χ0n) is 17.6. The van der Waals surface area contributed by atoms with E-state index in [1.807, 2.05) is 0 Å². The van der Waals surface area contributed by atoms with E-state index in [1.54, 1.807) is 0 Å². The molecule has 0 saturated carbocycles. The van der Waals surface area contributed by atoms with Gasteiger partial charge >= 0.3 is 9.53 Å². The molecule has 0 spiro atoms. The molecule has 10 heteroatoms. The second-order valence-corrected chi connectivity index (χ2v) is 22.3. The molecule has 0 aliphatic heterocycles. The van der Waals surface area contributed by atoms with E-state index >= 15 is 0 Å². The van der Waals surface area contributed by atoms with Gasteiger partial charge in [-0.05, 0) is 36.3 Å². The van der Waals surface area contributed by atoms with Crippen LogP contribution in [0.15, 0.2) is 0 Å². The van der Waals surface area contributed by atoms with Gasteiger partial charge in [-0.3, -0.25) is 0 Å². The van der Waals surface area contributed by atoms with Gasteiger partial charge < -0.3 is 12.3 Å². The van der Waals surface area contributed by atoms with Crippen molar-refractivity contribution in [2.24, 2.45) is 0 Å². The van der Waals surface area contributed by atoms with Gasteiger partial charge in [0.05, 0.1) is 15.7 Å². The fourth-order valence-electron chi connectivity index (χ4n) is 2.89. The van der Waals surface area contributed by atoms with Crippen molar-refractivity contribution in [1.82, 2.24) is 0 Å². The summed E-state index contributed by atoms with van der Waals surface area (Å²) in [5.41, 5.74) is 0. The van der Waals surface area contributed by atoms with Crippen LogP contribution in [-0.4, -0.2) is 56.9 Å². The first kappa shape index (κ1) is 25.9. The van der Waals surface area contributed by atoms with Crippen molar-refractivity contribution in [2.75, 3.05) is 0 Å². The minimum absolute atomic E-state index is 0.624. The Morgan fingerprint density at radius 3 is 1.24 bits per heavy atom. The van der Waals surface area contributed by atoms with E-state index in [-0.39, 0.29) is 0 Å². The second-order valence-electron chi connectivity index (χ2n) is 6.81. The van der Waals surface area contributed by atoms with Crippen molar-refractivity contribution in [3.63, 3.8) is 0 Å². The quantitative estimate of drug-likeness (QED) is 0.373. The fraction of sp³-hybridized carbons (Fsp3) is 1.00. The van der Waals surface area contributed by atoms with Crippen molar-refractivity contribution in [2.45, 2.75) is 96.5 Å². The van der Waals surface area contributed by atoms with Crippen LogP contribution >= 0.6 is 0 Å². The van der Waals surface area contributed by atoms with Crippen molar-refractivity contribution < 1.29 is 12.3 Å². The molecule has 0 aromatic rings. The summed E-state index contributed by atoms with van der Waals surface area (Å²) in [6, 6.07) is 6.09. The molecule has 0 amide bonds. The van der Waals surface area contributed by atoms with Gasteiger partial charge in [0.25, 0.3) is 0 Å². The summed E-state index contributed by atoms with van der Waals surface area (Å²) in [5, 5.41) is 0. The van der Waals surface area contributed by atoms with Crippen LogP contribution < -0.4 is 0 Å². The van der Waals surface area contributed by atoms with Crippen molar-refractivity contribution in [3.8, 4) is 0 Å². The van der Waals surface area contributed by atoms with Gasteiger partial charge in [-0.25, -0.2) is 0 Å². The molecule has 0 heterocycles. The smallest absolute Gasteiger partial charge is 0.421 e. The van der Waals surface area contributed by atoms with Crippen molar-refractivity contribution in [1.29, 1.82) is 0 Å². The Morgan fingerprint density at radius 2 is 1.04 bits per heavy atom. The lowest BCUT2D eigenvalue weighted by molar-refractivity contribution is 0.292. The standard InChI is InChI=1S/C15H37B3O3Si4/c1-8-23(9-2,14-16)19-22(20-24(10-3,11-4)15-17)21-25(12-5,13-6)18-7/h8-15H2,1-7H3. The molecule has 0 aliphatic carbocycles. The maximum absolute atomic E-state index is 6.71. The van der Waals surface area contributed by atoms with Crippen LogP contribution in [-0.2, 0) is 12.3 Å². The van der Waals surface area contributed by atoms with Gasteiger partial charge in [0.1, 0.15) is 15.1 Å². The Bertz CT molecular complexity index is 278. The third kappa shape index (κ3) is 7.12. The summed E-state index contributed by atoms with van der Waals surface area (Å²) < 4.78 is 20.1. The third-order valence-electron chi connectivity index (χ3n) is 5.93. The lowest BCUT2D eigenvalue weighted by Gasteiger charge is -2.40. The lowest BCUT2D eigenvalue weighted by Crippen LogP contribution is -2.57. The summed E-state index contributed by atoms with van der Waals surface area (Å²) in [6.07, 6.45) is 0. The molecule has 0 bridgehead atoms. The van der Waals surface area contributed by atoms with E-state index in [1.165, 1.54) is 0 Å². The predicted molar refractivity (Wildman–Crippen MR) is 122 cm³/mol. The molecule has 0 saturated heterocycles. The van der Waals surface area contributed by atoms with Crippen LogP contribution in [0.2, 0.25) is 55.0 Å². The molecule has 0 atom stereocenters. The van der Waals surface area contributed by atoms with E-state index in [4.69, 9.17) is 28.0 Å². The summed E-state index contributed by atoms with van der Waals surface area (Å²) in [5.74, 6) is 1.25. The number of rotatable bonds is 15. The molecule has 6 radical (unpaired) electrons. The highest BCUT2D eigenvalue weighted by Gasteiger charge is 2.44. The highest BCUT2D eigenvalue weighted by atomic mass is 28.5. The largest absolute Gasteiger partial charge is 0.543 e. The number of hydrogen-bond donors (Lipinski definition) is 0. The van der Waals surface area contributed by atoms with E-state index in [9.17, 15) is 0 Å². The molecule has 0 aromatic heterocycles. The third-order valence-corrected chi connectivity index (χ3v) is 23.1. The van der Waals surface area contributed by atoms with Crippen LogP contribution in [0.5, 0.6) is 0 Å². The Morgan fingerprint density at radius 1 is 0.680 bits per heavy atom. The summed E-state index contributed by atoms with van der Waals surface area (Å²) in [6.45, 7) is 17.6. The van der Waals surface area contributed by atoms with Crippen LogP contribution in [0.1, 0.15) is 41.5 Å². The van der Waals surface area contributed by atoms with E-state index in [0.29, 0.717) is 11.9 Å². The van der Waals surface area contributed by atoms with Crippen LogP contribution in [0.3, 0.4) is 0 Å². The highest BCUT2D eigenvalue weighted by Crippen LogP contribution is 2.29. The highest BCUT2D eigenvalue weighted by molar-refractivity contribution is 7.22. The first-order valence-corrected chi connectivity index (χ1v) is 18.7. The molecule has 140 valence electrons. The van der Waals surface area contributed by atoms with Crippen LogP contribution in [0.4, 0.5) is 0 Å². The molecule has 0 aliphatic rings. The first-order valence-electron chi connectivity index (χ1n) is 9.98. The van der Waals surface area contributed by atoms with Gasteiger partial charge in [0.15, 0.2) is 16.6 Å². The monoisotopic (exact) mass is 410 g/mol. The zero-order valence-corrected chi connectivity index (χ0v) is 21.6. The molecule has 0 unspecified atom stereocenters. The molecule has 25 heavy (non-hydrogen) atoms. The molecule has 3 nitrogen and oxygen atoms in total. The maximum atomic E-state index is 6.71. The van der Waals surface area contributed by atoms with Gasteiger partial charge in [0.2, 0.25) is 0 Å². The van der Waals surface area contributed by atoms with E-state index < -0.39 is 34.3 Å². The Labute approximate surface area is 165 Å². The minimum Gasteiger partial charge on any atom is -0.421 e. The fourth-order valence-corrected chi connectivity index (χ4v) is 16.7. The molecule has 0 N–H and O–H groups in total. The summed E-state index contributed by atoms with van der Waals surface area (Å²) in [4.78, 5) is 0. The normalized spacial score (nSPS) is 13.4. The summed E-state index contributed by atoms with van der Waals surface area (Å²) in [7, 11) is 4.52.